The number of aldehydes is 1. The summed E-state index contributed by atoms with van der Waals surface area (Å²) in [5.74, 6) is 3.23. The van der Waals surface area contributed by atoms with Gasteiger partial charge in [0.1, 0.15) is 28.0 Å². The van der Waals surface area contributed by atoms with Crippen LogP contribution in [0.5, 0.6) is 5.75 Å². The molecular formula is C94H157B4Cl6N4NaO22Si2. The molecule has 15 fully saturated rings. The minimum Gasteiger partial charge on any atom is -0.870 e. The molecule has 14 N–H and O–H groups in total. The predicted octanol–water partition coefficient (Wildman–Crippen LogP) is 16.1. The molecule has 133 heavy (non-hydrogen) atoms. The van der Waals surface area contributed by atoms with Crippen LogP contribution in [0.3, 0.4) is 0 Å². The number of Topliss-reactive ketones (excluding diaryl/α,β-unsaturated/α-hetero) is 1. The smallest absolute Gasteiger partial charge is 0.870 e. The predicted molar refractivity (Wildman–Crippen MR) is 536 cm³/mol. The van der Waals surface area contributed by atoms with E-state index >= 15 is 0 Å². The number of rotatable bonds is 20. The number of hydrogen-bond acceptors (Lipinski definition) is 23. The van der Waals surface area contributed by atoms with Crippen molar-refractivity contribution in [1.82, 2.24) is 9.55 Å². The van der Waals surface area contributed by atoms with Gasteiger partial charge in [0.15, 0.2) is 6.29 Å². The van der Waals surface area contributed by atoms with Crippen molar-refractivity contribution in [1.29, 1.82) is 1.43 Å². The molecule has 12 aliphatic carbocycles. The third-order valence-electron chi connectivity index (χ3n) is 28.5. The molecule has 26 nitrogen and oxygen atoms in total. The van der Waals surface area contributed by atoms with Crippen molar-refractivity contribution < 1.29 is 143 Å². The second-order valence-electron chi connectivity index (χ2n) is 43.5. The minimum atomic E-state index is -2.58. The maximum atomic E-state index is 11.7. The SMILES string of the molecule is CC(C)CB(O)O.CC(C)CB1O[C@@H]2C[C@@H]3C[C@@H](C3(C)C)[C@]2(C)O1.CC(C)C[C@@H](B1O[C@@H]2C[C@@H]3C[C@@H](C3(C)C)[C@]2(C)O1)N([Si](C)(C)C)[Si](C)(C)C.CC(C)C[C@@H](Cl)B1O[C@@H]2C[C@@H]3C[C@@H](C3(C)C)[C@]2(C)O1.CC1(C)[C@@H]2C[C@@H](O)[C@@](C)(O)[C@H]1C2.NCC(=O)O.O=C(Cl)c1cc(Cl)ccc1Cl.O=Cc1ccccc1O.[2H]C([2H])(N)C(=O)O.[2H]C([2H])(NC(=O)c1cc(Cl)ccc1Cl)C(C)=O.[2H]OC(C)=O.[Na+].[OH-]. The summed E-state index contributed by atoms with van der Waals surface area (Å²) in [7, 11) is -4.34. The molecule has 0 aromatic heterocycles. The number of nitrogens with two attached hydrogens (primary N) is 2. The Hall–Kier alpha value is -2.78. The second-order valence-corrected chi connectivity index (χ2v) is 56.2. The third kappa shape index (κ3) is 33.9. The second kappa shape index (κ2) is 52.5. The number of amides is 1. The summed E-state index contributed by atoms with van der Waals surface area (Å²) < 4.78 is 74.5. The van der Waals surface area contributed by atoms with E-state index in [1.54, 1.807) is 31.2 Å². The first-order chi connectivity index (χ1) is 61.8. The fourth-order valence-corrected chi connectivity index (χ4v) is 33.5. The maximum absolute atomic E-state index is 11.7. The summed E-state index contributed by atoms with van der Waals surface area (Å²) in [6.07, 6.45) is 14.0. The first kappa shape index (κ1) is 117. The van der Waals surface area contributed by atoms with Crippen LogP contribution in [0.15, 0.2) is 60.7 Å². The Kier molecular flexibility index (Phi) is 46.2. The van der Waals surface area contributed by atoms with Crippen molar-refractivity contribution >= 4 is 156 Å². The van der Waals surface area contributed by atoms with Crippen LogP contribution in [0.4, 0.5) is 0 Å². The number of hydrogen-bond donors (Lipinski definition) is 11. The molecule has 8 bridgehead atoms. The van der Waals surface area contributed by atoms with E-state index < -0.39 is 83.1 Å². The molecule has 18 atom stereocenters. The van der Waals surface area contributed by atoms with Crippen LogP contribution in [0.25, 0.3) is 1.43 Å². The molecule has 1 amide bonds. The molecule has 39 heteroatoms. The van der Waals surface area contributed by atoms with Crippen molar-refractivity contribution in [3.63, 3.8) is 0 Å². The van der Waals surface area contributed by atoms with E-state index in [2.05, 4.69) is 178 Å². The number of aliphatic hydroxyl groups is 2. The number of ketones is 1. The van der Waals surface area contributed by atoms with E-state index in [0.29, 0.717) is 121 Å². The monoisotopic (exact) mass is 2030 g/mol. The fourth-order valence-electron chi connectivity index (χ4n) is 21.6. The van der Waals surface area contributed by atoms with Crippen LogP contribution in [0.2, 0.25) is 72.0 Å². The number of fused-ring (bicyclic) bond motifs is 2. The van der Waals surface area contributed by atoms with Gasteiger partial charge in [0, 0.05) is 22.9 Å². The number of carboxylic acid groups (broad SMARTS) is 3. The summed E-state index contributed by atoms with van der Waals surface area (Å²) in [6, 6.07) is 15.2. The zero-order valence-electron chi connectivity index (χ0n) is 88.9. The Labute approximate surface area is 856 Å². The number of para-hydroxylation sites is 1. The Morgan fingerprint density at radius 1 is 0.602 bits per heavy atom. The number of aliphatic carboxylic acids is 3. The first-order valence-corrected chi connectivity index (χ1v) is 55.0. The Balaban J connectivity index is 0.000000531. The van der Waals surface area contributed by atoms with Gasteiger partial charge < -0.3 is 95.1 Å². The van der Waals surface area contributed by atoms with Gasteiger partial charge in [-0.15, -0.1) is 11.6 Å². The number of aromatic hydroxyl groups is 1. The summed E-state index contributed by atoms with van der Waals surface area (Å²) >= 11 is 34.4. The van der Waals surface area contributed by atoms with E-state index in [1.807, 2.05) is 19.2 Å². The Morgan fingerprint density at radius 3 is 1.30 bits per heavy atom. The van der Waals surface area contributed by atoms with E-state index in [9.17, 15) is 43.8 Å². The standard InChI is InChI=1S/C21H44BNO2Si2.C15H26BClO2.C14H25BO2.C10H9Cl2NO2.C10H18O2.C7H3Cl3O.C7H6O2.C4H11BO2.2C2H5NO2.C2H4O2.Na.H2O/c1-15(2)12-19(23(26(6,7)8)27(9,10)11)22-24-18-14-16-13-17(20(16,3)4)21(18,5)25-22;1-9(2)6-13(17)16-18-12-8-10-7-11(14(10,3)4)15(12,5)19-16;1-9(2)8-15-16-12-7-10-6-11(13(10,3)4)14(12,5)17-15;1-6(14)5-13-10(15)8-4-7(11)2-3-9(8)12;1-9(2)6-4-7(9)10(3,12)8(11)5-6;8-4-1-2-6(9)5(3-4)7(10)11;8-5-6-3-1-2-4-7(6)9;1-4(2)3-5(6)7;2*3-1-2(4)5;1-2(3)4;;/h15-19H,12-14H2,1-11H3;9-13H,6-8H2,1-5H3;9-12H,6-8H2,1-5H3;2-4H,5H2,1H3,(H,13,15);6-8,11-12H,4-5H2,1-3H3;1-3H;1-5,9H;4,6-7H,3H2,1-2H3;2*1,3H2,(H,4,5);1H3,(H,3,4);;1H2/q;;;;;;;;;;;+1;/p-1/t16-,17-,18+,19-,21-;10-,11-,12+,13+,15-;10-,11-,12+,14-;;6-,7-,8+,10-;;;;;;;;/m000.0......../s1/i;;;5D2;;;;;1D2;;;;/hD. The normalized spacial score (nSPS) is 29.5. The number of nitrogens with zero attached hydrogens (tertiary/aromatic N) is 1. The minimum absolute atomic E-state index is 0. The van der Waals surface area contributed by atoms with Crippen molar-refractivity contribution in [2.75, 3.05) is 19.5 Å². The molecule has 748 valence electrons. The van der Waals surface area contributed by atoms with Gasteiger partial charge in [-0.3, -0.25) is 33.6 Å². The number of benzene rings is 3. The Morgan fingerprint density at radius 2 is 0.985 bits per heavy atom. The number of carbonyl (C=O) groups is 7. The van der Waals surface area contributed by atoms with Gasteiger partial charge in [0.05, 0.1) is 104 Å². The topological polar surface area (TPSA) is 434 Å². The van der Waals surface area contributed by atoms with Gasteiger partial charge in [-0.1, -0.05) is 209 Å². The van der Waals surface area contributed by atoms with Crippen molar-refractivity contribution in [3.8, 4) is 5.75 Å². The quantitative estimate of drug-likeness (QED) is 0.0217. The zero-order chi connectivity index (χ0) is 105. The van der Waals surface area contributed by atoms with Crippen LogP contribution in [-0.4, -0.2) is 214 Å². The molecule has 3 aromatic carbocycles. The molecule has 18 rings (SSSR count). The van der Waals surface area contributed by atoms with Crippen molar-refractivity contribution in [3.05, 3.63) is 97.4 Å². The molecule has 3 aliphatic heterocycles. The molecule has 0 unspecified atom stereocenters. The van der Waals surface area contributed by atoms with E-state index in [4.69, 9.17) is 130 Å². The van der Waals surface area contributed by atoms with Crippen LogP contribution in [0, 0.1) is 92.7 Å². The van der Waals surface area contributed by atoms with Gasteiger partial charge in [-0.25, -0.2) is 0 Å². The van der Waals surface area contributed by atoms with Gasteiger partial charge in [0.2, 0.25) is 0 Å². The molecule has 3 saturated heterocycles. The number of phenols is 1. The van der Waals surface area contributed by atoms with Crippen LogP contribution in [0.1, 0.15) is 253 Å². The summed E-state index contributed by atoms with van der Waals surface area (Å²) in [5, 5.41) is 66.3. The molecule has 15 aliphatic rings. The average molecular weight is 2040 g/mol. The number of carbonyl (C=O) groups excluding carboxylic acids is 4. The zero-order valence-corrected chi connectivity index (χ0v) is 92.4. The van der Waals surface area contributed by atoms with Gasteiger partial charge in [-0.05, 0) is 264 Å². The number of phenolic OH excluding ortho intramolecular Hbond substituents is 1. The molecule has 0 radical (unpaired) electrons. The van der Waals surface area contributed by atoms with E-state index in [0.717, 1.165) is 56.7 Å². The molecule has 3 aromatic rings. The molecular weight excluding hydrogens is 1870 g/mol. The van der Waals surface area contributed by atoms with Gasteiger partial charge in [-0.2, -0.15) is 0 Å². The maximum Gasteiger partial charge on any atom is 1.00 e. The first-order valence-electron chi connectivity index (χ1n) is 48.2. The van der Waals surface area contributed by atoms with Crippen molar-refractivity contribution in [2.45, 2.75) is 326 Å². The van der Waals surface area contributed by atoms with Crippen molar-refractivity contribution in [2.24, 2.45) is 104 Å². The van der Waals surface area contributed by atoms with Crippen LogP contribution in [-0.2, 0) is 47.1 Å². The number of carboxylic acids is 3. The van der Waals surface area contributed by atoms with Crippen LogP contribution < -0.4 is 46.3 Å². The van der Waals surface area contributed by atoms with Gasteiger partial charge in [0.25, 0.3) is 18.6 Å². The summed E-state index contributed by atoms with van der Waals surface area (Å²) in [4.78, 5) is 71.5. The number of halogens is 6. The summed E-state index contributed by atoms with van der Waals surface area (Å²) in [6.45, 7) is 57.0. The van der Waals surface area contributed by atoms with E-state index in [1.165, 1.54) is 81.8 Å². The molecule has 0 spiro atoms. The molecule has 12 saturated carbocycles. The number of aliphatic hydroxyl groups excluding tert-OH is 1. The van der Waals surface area contributed by atoms with Gasteiger partial charge >= 0.3 is 70.0 Å². The fraction of sp³-hybridized carbons (Fsp3) is 0.734. The third-order valence-corrected chi connectivity index (χ3v) is 37.8. The number of nitrogens with one attached hydrogen (secondary N) is 1. The van der Waals surface area contributed by atoms with Crippen LogP contribution >= 0.6 is 69.6 Å². The summed E-state index contributed by atoms with van der Waals surface area (Å²) in [5.41, 5.74) is 10.0. The largest absolute Gasteiger partial charge is 1.00 e. The Bertz CT molecular complexity index is 4450. The average Bonchev–Trinajstić information content (AvgIpc) is 1.47. The molecule has 3 heterocycles. The van der Waals surface area contributed by atoms with E-state index in [-0.39, 0.29) is 118 Å². The number of alkyl halides is 1.